The quantitative estimate of drug-likeness (QED) is 0.718. The SMILES string of the molecule is Cc1c(C)c2ncc(CN3CCN(c4ccc(CO)nc4)CC3)cc2[nH]c1=O. The number of anilines is 1. The third-order valence-corrected chi connectivity index (χ3v) is 5.57. The molecule has 0 amide bonds. The number of aliphatic hydroxyl groups is 1. The van der Waals surface area contributed by atoms with Crippen LogP contribution in [0.3, 0.4) is 0 Å². The van der Waals surface area contributed by atoms with Crippen molar-refractivity contribution in [2.75, 3.05) is 31.1 Å². The molecule has 0 unspecified atom stereocenters. The second-order valence-electron chi connectivity index (χ2n) is 7.37. The van der Waals surface area contributed by atoms with Gasteiger partial charge in [0.15, 0.2) is 0 Å². The highest BCUT2D eigenvalue weighted by Crippen LogP contribution is 2.19. The highest BCUT2D eigenvalue weighted by Gasteiger charge is 2.18. The zero-order valence-electron chi connectivity index (χ0n) is 16.3. The average Bonchev–Trinajstić information content (AvgIpc) is 2.73. The molecule has 0 aromatic carbocycles. The second-order valence-corrected chi connectivity index (χ2v) is 7.37. The van der Waals surface area contributed by atoms with Gasteiger partial charge in [0.2, 0.25) is 0 Å². The van der Waals surface area contributed by atoms with E-state index >= 15 is 0 Å². The van der Waals surface area contributed by atoms with E-state index in [1.54, 1.807) is 0 Å². The van der Waals surface area contributed by atoms with Crippen LogP contribution in [-0.2, 0) is 13.2 Å². The monoisotopic (exact) mass is 379 g/mol. The van der Waals surface area contributed by atoms with Gasteiger partial charge >= 0.3 is 0 Å². The summed E-state index contributed by atoms with van der Waals surface area (Å²) in [6.45, 7) is 8.31. The van der Waals surface area contributed by atoms with Crippen molar-refractivity contribution in [2.45, 2.75) is 27.0 Å². The Morgan fingerprint density at radius 2 is 1.86 bits per heavy atom. The van der Waals surface area contributed by atoms with Crippen LogP contribution in [0.15, 0.2) is 35.4 Å². The van der Waals surface area contributed by atoms with Crippen molar-refractivity contribution >= 4 is 16.7 Å². The molecule has 1 fully saturated rings. The van der Waals surface area contributed by atoms with Crippen LogP contribution in [0.1, 0.15) is 22.4 Å². The number of nitrogens with zero attached hydrogens (tertiary/aromatic N) is 4. The zero-order chi connectivity index (χ0) is 19.7. The molecule has 0 spiro atoms. The summed E-state index contributed by atoms with van der Waals surface area (Å²) in [5, 5.41) is 9.12. The third kappa shape index (κ3) is 3.63. The Labute approximate surface area is 163 Å². The first-order valence-corrected chi connectivity index (χ1v) is 9.56. The summed E-state index contributed by atoms with van der Waals surface area (Å²) in [5.41, 5.74) is 6.18. The summed E-state index contributed by atoms with van der Waals surface area (Å²) < 4.78 is 0. The van der Waals surface area contributed by atoms with Crippen molar-refractivity contribution in [2.24, 2.45) is 0 Å². The zero-order valence-corrected chi connectivity index (χ0v) is 16.3. The molecule has 3 aromatic heterocycles. The molecule has 0 atom stereocenters. The Morgan fingerprint density at radius 3 is 2.54 bits per heavy atom. The lowest BCUT2D eigenvalue weighted by Gasteiger charge is -2.36. The molecule has 0 bridgehead atoms. The van der Waals surface area contributed by atoms with Crippen LogP contribution in [0.25, 0.3) is 11.0 Å². The number of aryl methyl sites for hydroxylation is 1. The van der Waals surface area contributed by atoms with E-state index < -0.39 is 0 Å². The molecule has 1 aliphatic rings. The van der Waals surface area contributed by atoms with E-state index in [1.165, 1.54) is 0 Å². The number of H-pyrrole nitrogens is 1. The van der Waals surface area contributed by atoms with Crippen molar-refractivity contribution in [3.63, 3.8) is 0 Å². The van der Waals surface area contributed by atoms with Crippen LogP contribution in [0.5, 0.6) is 0 Å². The predicted molar refractivity (Wildman–Crippen MR) is 109 cm³/mol. The fraction of sp³-hybridized carbons (Fsp3) is 0.381. The van der Waals surface area contributed by atoms with Crippen LogP contribution in [0.2, 0.25) is 0 Å². The maximum atomic E-state index is 12.0. The first-order chi connectivity index (χ1) is 13.5. The predicted octanol–water partition coefficient (Wildman–Crippen LogP) is 1.75. The van der Waals surface area contributed by atoms with E-state index in [9.17, 15) is 4.79 Å². The topological polar surface area (TPSA) is 85.3 Å². The minimum atomic E-state index is -0.0432. The van der Waals surface area contributed by atoms with Gasteiger partial charge in [0.25, 0.3) is 5.56 Å². The maximum Gasteiger partial charge on any atom is 0.251 e. The molecular weight excluding hydrogens is 354 g/mol. The van der Waals surface area contributed by atoms with Gasteiger partial charge in [0, 0.05) is 44.5 Å². The fourth-order valence-corrected chi connectivity index (χ4v) is 3.67. The lowest BCUT2D eigenvalue weighted by atomic mass is 10.1. The number of aromatic nitrogens is 3. The summed E-state index contributed by atoms with van der Waals surface area (Å²) in [7, 11) is 0. The van der Waals surface area contributed by atoms with Crippen molar-refractivity contribution in [1.29, 1.82) is 0 Å². The molecule has 4 rings (SSSR count). The van der Waals surface area contributed by atoms with Gasteiger partial charge in [-0.2, -0.15) is 0 Å². The van der Waals surface area contributed by atoms with Gasteiger partial charge in [-0.3, -0.25) is 19.7 Å². The van der Waals surface area contributed by atoms with Gasteiger partial charge < -0.3 is 15.0 Å². The van der Waals surface area contributed by atoms with Crippen LogP contribution in [0, 0.1) is 13.8 Å². The molecule has 3 aromatic rings. The van der Waals surface area contributed by atoms with Gasteiger partial charge in [-0.05, 0) is 43.2 Å². The number of rotatable bonds is 4. The van der Waals surface area contributed by atoms with Crippen molar-refractivity contribution in [3.05, 3.63) is 63.3 Å². The number of piperazine rings is 1. The first-order valence-electron chi connectivity index (χ1n) is 9.56. The molecule has 7 heteroatoms. The third-order valence-electron chi connectivity index (χ3n) is 5.57. The van der Waals surface area contributed by atoms with Crippen molar-refractivity contribution in [3.8, 4) is 0 Å². The molecule has 4 heterocycles. The number of aromatic amines is 1. The summed E-state index contributed by atoms with van der Waals surface area (Å²) in [6.07, 6.45) is 3.74. The Morgan fingerprint density at radius 1 is 1.07 bits per heavy atom. The molecule has 0 aliphatic carbocycles. The van der Waals surface area contributed by atoms with Gasteiger partial charge in [-0.15, -0.1) is 0 Å². The minimum Gasteiger partial charge on any atom is -0.390 e. The number of hydrogen-bond acceptors (Lipinski definition) is 6. The number of fused-ring (bicyclic) bond motifs is 1. The number of hydrogen-bond donors (Lipinski definition) is 2. The van der Waals surface area contributed by atoms with Gasteiger partial charge in [-0.1, -0.05) is 0 Å². The van der Waals surface area contributed by atoms with E-state index in [0.717, 1.165) is 66.1 Å². The lowest BCUT2D eigenvalue weighted by molar-refractivity contribution is 0.249. The minimum absolute atomic E-state index is 0.0296. The Hall–Kier alpha value is -2.77. The van der Waals surface area contributed by atoms with Crippen molar-refractivity contribution in [1.82, 2.24) is 19.9 Å². The second kappa shape index (κ2) is 7.69. The Kier molecular flexibility index (Phi) is 5.11. The van der Waals surface area contributed by atoms with E-state index in [0.29, 0.717) is 5.69 Å². The largest absolute Gasteiger partial charge is 0.390 e. The van der Waals surface area contributed by atoms with Gasteiger partial charge in [0.05, 0.1) is 35.2 Å². The van der Waals surface area contributed by atoms with E-state index in [1.807, 2.05) is 44.4 Å². The highest BCUT2D eigenvalue weighted by molar-refractivity contribution is 5.78. The molecule has 146 valence electrons. The summed E-state index contributed by atoms with van der Waals surface area (Å²) >= 11 is 0. The Balaban J connectivity index is 1.43. The van der Waals surface area contributed by atoms with Crippen LogP contribution < -0.4 is 10.5 Å². The number of aliphatic hydroxyl groups excluding tert-OH is 1. The molecule has 1 saturated heterocycles. The molecule has 2 N–H and O–H groups in total. The van der Waals surface area contributed by atoms with Gasteiger partial charge in [-0.25, -0.2) is 0 Å². The van der Waals surface area contributed by atoms with E-state index in [-0.39, 0.29) is 12.2 Å². The summed E-state index contributed by atoms with van der Waals surface area (Å²) in [5.74, 6) is 0. The van der Waals surface area contributed by atoms with E-state index in [4.69, 9.17) is 5.11 Å². The molecule has 7 nitrogen and oxygen atoms in total. The van der Waals surface area contributed by atoms with Crippen molar-refractivity contribution < 1.29 is 5.11 Å². The van der Waals surface area contributed by atoms with Gasteiger partial charge in [0.1, 0.15) is 0 Å². The fourth-order valence-electron chi connectivity index (χ4n) is 3.67. The molecule has 0 radical (unpaired) electrons. The first kappa shape index (κ1) is 18.6. The Bertz CT molecular complexity index is 1040. The smallest absolute Gasteiger partial charge is 0.251 e. The number of nitrogens with one attached hydrogen (secondary N) is 1. The van der Waals surface area contributed by atoms with Crippen LogP contribution in [0.4, 0.5) is 5.69 Å². The summed E-state index contributed by atoms with van der Waals surface area (Å²) in [6, 6.07) is 5.93. The number of pyridine rings is 3. The van der Waals surface area contributed by atoms with Crippen LogP contribution >= 0.6 is 0 Å². The van der Waals surface area contributed by atoms with E-state index in [2.05, 4.69) is 24.8 Å². The molecule has 28 heavy (non-hydrogen) atoms. The molecule has 0 saturated carbocycles. The normalized spacial score (nSPS) is 15.3. The molecule has 1 aliphatic heterocycles. The average molecular weight is 379 g/mol. The summed E-state index contributed by atoms with van der Waals surface area (Å²) in [4.78, 5) is 28.6. The lowest BCUT2D eigenvalue weighted by Crippen LogP contribution is -2.46. The molecular formula is C21H25N5O2. The maximum absolute atomic E-state index is 12.0. The standard InChI is InChI=1S/C21H25N5O2/c1-14-15(2)21(28)24-19-9-16(10-23-20(14)19)12-25-5-7-26(8-6-25)18-4-3-17(13-27)22-11-18/h3-4,9-11,27H,5-8,12-13H2,1-2H3,(H,24,28). The highest BCUT2D eigenvalue weighted by atomic mass is 16.3. The van der Waals surface area contributed by atoms with Crippen LogP contribution in [-0.4, -0.2) is 51.1 Å².